The Kier molecular flexibility index (Phi) is 5.03. The van der Waals surface area contributed by atoms with E-state index in [-0.39, 0.29) is 17.9 Å². The van der Waals surface area contributed by atoms with E-state index in [2.05, 4.69) is 0 Å². The predicted molar refractivity (Wildman–Crippen MR) is 95.5 cm³/mol. The van der Waals surface area contributed by atoms with E-state index in [9.17, 15) is 9.59 Å². The van der Waals surface area contributed by atoms with Gasteiger partial charge in [0.25, 0.3) is 5.91 Å². The number of benzene rings is 2. The van der Waals surface area contributed by atoms with Gasteiger partial charge in [0, 0.05) is 32.1 Å². The number of methoxy groups -OCH3 is 1. The van der Waals surface area contributed by atoms with Crippen molar-refractivity contribution in [2.75, 3.05) is 26.7 Å². The molecule has 0 aliphatic carbocycles. The van der Waals surface area contributed by atoms with Crippen molar-refractivity contribution in [2.45, 2.75) is 13.0 Å². The Bertz CT molecular complexity index is 743. The minimum Gasteiger partial charge on any atom is -0.497 e. The molecule has 0 aromatic heterocycles. The average molecular weight is 338 g/mol. The first-order chi connectivity index (χ1) is 12.1. The van der Waals surface area contributed by atoms with Gasteiger partial charge in [-0.2, -0.15) is 0 Å². The summed E-state index contributed by atoms with van der Waals surface area (Å²) >= 11 is 0. The lowest BCUT2D eigenvalue weighted by Gasteiger charge is -2.41. The fourth-order valence-electron chi connectivity index (χ4n) is 3.17. The molecule has 0 spiro atoms. The molecule has 25 heavy (non-hydrogen) atoms. The zero-order valence-electron chi connectivity index (χ0n) is 14.5. The van der Waals surface area contributed by atoms with Gasteiger partial charge < -0.3 is 14.5 Å². The van der Waals surface area contributed by atoms with Gasteiger partial charge in [-0.15, -0.1) is 0 Å². The minimum absolute atomic E-state index is 0.00961. The van der Waals surface area contributed by atoms with E-state index >= 15 is 0 Å². The lowest BCUT2D eigenvalue weighted by molar-refractivity contribution is -0.131. The van der Waals surface area contributed by atoms with Crippen LogP contribution in [0.2, 0.25) is 0 Å². The van der Waals surface area contributed by atoms with Crippen LogP contribution in [-0.2, 0) is 4.79 Å². The smallest absolute Gasteiger partial charge is 0.254 e. The molecular weight excluding hydrogens is 316 g/mol. The van der Waals surface area contributed by atoms with Gasteiger partial charge in [-0.1, -0.05) is 30.3 Å². The summed E-state index contributed by atoms with van der Waals surface area (Å²) in [4.78, 5) is 28.5. The third kappa shape index (κ3) is 3.65. The minimum atomic E-state index is -0.170. The van der Waals surface area contributed by atoms with Gasteiger partial charge in [-0.25, -0.2) is 0 Å². The van der Waals surface area contributed by atoms with Crippen LogP contribution >= 0.6 is 0 Å². The van der Waals surface area contributed by atoms with E-state index in [1.807, 2.05) is 59.5 Å². The van der Waals surface area contributed by atoms with E-state index in [0.29, 0.717) is 25.2 Å². The maximum atomic E-state index is 13.0. The van der Waals surface area contributed by atoms with Gasteiger partial charge in [-0.05, 0) is 29.8 Å². The number of hydrogen-bond acceptors (Lipinski definition) is 3. The van der Waals surface area contributed by atoms with Crippen LogP contribution in [0.1, 0.15) is 28.9 Å². The van der Waals surface area contributed by atoms with Gasteiger partial charge in [-0.3, -0.25) is 9.59 Å². The summed E-state index contributed by atoms with van der Waals surface area (Å²) in [6.45, 7) is 3.14. The SMILES string of the molecule is COc1ccc([C@H]2CN(C(C)=O)CCN2C(=O)c2ccccc2)cc1. The summed E-state index contributed by atoms with van der Waals surface area (Å²) in [6.07, 6.45) is 0. The molecule has 2 amide bonds. The van der Waals surface area contributed by atoms with Crippen LogP contribution < -0.4 is 4.74 Å². The Morgan fingerprint density at radius 1 is 1.00 bits per heavy atom. The average Bonchev–Trinajstić information content (AvgIpc) is 2.67. The zero-order valence-corrected chi connectivity index (χ0v) is 14.5. The van der Waals surface area contributed by atoms with Crippen molar-refractivity contribution in [3.05, 3.63) is 65.7 Å². The largest absolute Gasteiger partial charge is 0.497 e. The number of carbonyl (C=O) groups is 2. The van der Waals surface area contributed by atoms with Crippen molar-refractivity contribution < 1.29 is 14.3 Å². The summed E-state index contributed by atoms with van der Waals surface area (Å²) in [6, 6.07) is 16.8. The summed E-state index contributed by atoms with van der Waals surface area (Å²) in [5.74, 6) is 0.791. The van der Waals surface area contributed by atoms with Gasteiger partial charge in [0.1, 0.15) is 5.75 Å². The van der Waals surface area contributed by atoms with Crippen molar-refractivity contribution in [1.29, 1.82) is 0 Å². The van der Waals surface area contributed by atoms with E-state index in [1.54, 1.807) is 18.9 Å². The van der Waals surface area contributed by atoms with Crippen LogP contribution in [0.15, 0.2) is 54.6 Å². The molecule has 3 rings (SSSR count). The molecule has 1 fully saturated rings. The number of amides is 2. The molecule has 2 aromatic carbocycles. The second-order valence-corrected chi connectivity index (χ2v) is 6.12. The first kappa shape index (κ1) is 17.0. The molecule has 0 saturated carbocycles. The number of rotatable bonds is 3. The van der Waals surface area contributed by atoms with Crippen LogP contribution in [0.4, 0.5) is 0 Å². The molecule has 1 saturated heterocycles. The third-order valence-electron chi connectivity index (χ3n) is 4.61. The molecule has 1 atom stereocenters. The number of ether oxygens (including phenoxy) is 1. The molecule has 0 bridgehead atoms. The van der Waals surface area contributed by atoms with E-state index in [0.717, 1.165) is 11.3 Å². The van der Waals surface area contributed by atoms with Gasteiger partial charge in [0.15, 0.2) is 0 Å². The molecule has 1 heterocycles. The molecule has 0 unspecified atom stereocenters. The first-order valence-electron chi connectivity index (χ1n) is 8.35. The molecule has 1 aliphatic heterocycles. The molecule has 130 valence electrons. The van der Waals surface area contributed by atoms with Gasteiger partial charge in [0.2, 0.25) is 5.91 Å². The Hall–Kier alpha value is -2.82. The summed E-state index contributed by atoms with van der Waals surface area (Å²) in [5, 5.41) is 0. The zero-order chi connectivity index (χ0) is 17.8. The van der Waals surface area contributed by atoms with Crippen molar-refractivity contribution >= 4 is 11.8 Å². The number of carbonyl (C=O) groups excluding carboxylic acids is 2. The summed E-state index contributed by atoms with van der Waals surface area (Å²) in [7, 11) is 1.62. The highest BCUT2D eigenvalue weighted by molar-refractivity contribution is 5.94. The highest BCUT2D eigenvalue weighted by atomic mass is 16.5. The highest BCUT2D eigenvalue weighted by Crippen LogP contribution is 2.28. The van der Waals surface area contributed by atoms with Gasteiger partial charge >= 0.3 is 0 Å². The lowest BCUT2D eigenvalue weighted by atomic mass is 10.0. The van der Waals surface area contributed by atoms with E-state index in [4.69, 9.17) is 4.74 Å². The first-order valence-corrected chi connectivity index (χ1v) is 8.35. The van der Waals surface area contributed by atoms with Crippen molar-refractivity contribution in [3.8, 4) is 5.75 Å². The summed E-state index contributed by atoms with van der Waals surface area (Å²) < 4.78 is 5.21. The quantitative estimate of drug-likeness (QED) is 0.865. The molecular formula is C20H22N2O3. The topological polar surface area (TPSA) is 49.9 Å². The van der Waals surface area contributed by atoms with Crippen LogP contribution in [0.3, 0.4) is 0 Å². The monoisotopic (exact) mass is 338 g/mol. The molecule has 2 aromatic rings. The molecule has 1 aliphatic rings. The third-order valence-corrected chi connectivity index (χ3v) is 4.61. The molecule has 5 heteroatoms. The van der Waals surface area contributed by atoms with Crippen LogP contribution in [-0.4, -0.2) is 48.4 Å². The van der Waals surface area contributed by atoms with Crippen LogP contribution in [0.5, 0.6) is 5.75 Å². The maximum Gasteiger partial charge on any atom is 0.254 e. The lowest BCUT2D eigenvalue weighted by Crippen LogP contribution is -2.51. The van der Waals surface area contributed by atoms with Gasteiger partial charge in [0.05, 0.1) is 13.2 Å². The second-order valence-electron chi connectivity index (χ2n) is 6.12. The second kappa shape index (κ2) is 7.38. The molecule has 0 N–H and O–H groups in total. The molecule has 5 nitrogen and oxygen atoms in total. The van der Waals surface area contributed by atoms with Crippen LogP contribution in [0.25, 0.3) is 0 Å². The predicted octanol–water partition coefficient (Wildman–Crippen LogP) is 2.74. The van der Waals surface area contributed by atoms with Crippen molar-refractivity contribution in [3.63, 3.8) is 0 Å². The molecule has 0 radical (unpaired) electrons. The fraction of sp³-hybridized carbons (Fsp3) is 0.300. The number of nitrogens with zero attached hydrogens (tertiary/aromatic N) is 2. The van der Waals surface area contributed by atoms with Crippen LogP contribution in [0, 0.1) is 0 Å². The van der Waals surface area contributed by atoms with Crippen molar-refractivity contribution in [2.24, 2.45) is 0 Å². The Balaban J connectivity index is 1.91. The maximum absolute atomic E-state index is 13.0. The standard InChI is InChI=1S/C20H22N2O3/c1-15(23)21-12-13-22(20(24)17-6-4-3-5-7-17)19(14-21)16-8-10-18(25-2)11-9-16/h3-11,19H,12-14H2,1-2H3/t19-/m1/s1. The van der Waals surface area contributed by atoms with E-state index in [1.165, 1.54) is 0 Å². The Labute approximate surface area is 147 Å². The fourth-order valence-corrected chi connectivity index (χ4v) is 3.17. The Morgan fingerprint density at radius 3 is 2.28 bits per heavy atom. The summed E-state index contributed by atoms with van der Waals surface area (Å²) in [5.41, 5.74) is 1.66. The van der Waals surface area contributed by atoms with E-state index < -0.39 is 0 Å². The number of hydrogen-bond donors (Lipinski definition) is 0. The normalized spacial score (nSPS) is 17.3. The highest BCUT2D eigenvalue weighted by Gasteiger charge is 2.33. The number of piperazine rings is 1. The van der Waals surface area contributed by atoms with Crippen molar-refractivity contribution in [1.82, 2.24) is 9.80 Å². The Morgan fingerprint density at radius 2 is 1.68 bits per heavy atom.